The highest BCUT2D eigenvalue weighted by Gasteiger charge is 2.27. The zero-order valence-electron chi connectivity index (χ0n) is 12.8. The Hall–Kier alpha value is -1.52. The molecule has 4 nitrogen and oxygen atoms in total. The number of nitrogens with one attached hydrogen (secondary N) is 1. The summed E-state index contributed by atoms with van der Waals surface area (Å²) in [4.78, 5) is 12.5. The van der Waals surface area contributed by atoms with Gasteiger partial charge in [-0.1, -0.05) is 31.0 Å². The molecule has 22 heavy (non-hydrogen) atoms. The molecule has 1 saturated carbocycles. The summed E-state index contributed by atoms with van der Waals surface area (Å²) in [5.41, 5.74) is 7.49. The quantitative estimate of drug-likeness (QED) is 0.910. The van der Waals surface area contributed by atoms with Crippen molar-refractivity contribution >= 4 is 29.3 Å². The highest BCUT2D eigenvalue weighted by Crippen LogP contribution is 2.27. The first-order valence-corrected chi connectivity index (χ1v) is 7.69. The predicted molar refractivity (Wildman–Crippen MR) is 90.5 cm³/mol. The van der Waals surface area contributed by atoms with Gasteiger partial charge in [0.1, 0.15) is 5.58 Å². The number of furan rings is 1. The van der Waals surface area contributed by atoms with Crippen LogP contribution >= 0.6 is 12.4 Å². The number of hydrogen-bond acceptors (Lipinski definition) is 3. The van der Waals surface area contributed by atoms with Crippen LogP contribution < -0.4 is 11.1 Å². The van der Waals surface area contributed by atoms with Gasteiger partial charge in [-0.25, -0.2) is 0 Å². The fraction of sp³-hybridized carbons (Fsp3) is 0.471. The fourth-order valence-electron chi connectivity index (χ4n) is 3.30. The van der Waals surface area contributed by atoms with Crippen LogP contribution in [0.5, 0.6) is 0 Å². The minimum absolute atomic E-state index is 0. The Morgan fingerprint density at radius 1 is 1.32 bits per heavy atom. The first kappa shape index (κ1) is 16.8. The molecule has 2 atom stereocenters. The monoisotopic (exact) mass is 322 g/mol. The van der Waals surface area contributed by atoms with E-state index in [0.29, 0.717) is 18.2 Å². The lowest BCUT2D eigenvalue weighted by Gasteiger charge is -2.31. The molecule has 0 spiro atoms. The van der Waals surface area contributed by atoms with Gasteiger partial charge in [0, 0.05) is 17.0 Å². The Morgan fingerprint density at radius 3 is 2.77 bits per heavy atom. The predicted octanol–water partition coefficient (Wildman–Crippen LogP) is 3.41. The Balaban J connectivity index is 0.00000176. The van der Waals surface area contributed by atoms with E-state index in [1.54, 1.807) is 0 Å². The van der Waals surface area contributed by atoms with Crippen molar-refractivity contribution in [3.05, 3.63) is 35.6 Å². The van der Waals surface area contributed by atoms with E-state index in [0.717, 1.165) is 35.8 Å². The minimum Gasteiger partial charge on any atom is -0.451 e. The number of carbonyl (C=O) groups excluding carboxylic acids is 1. The van der Waals surface area contributed by atoms with Crippen LogP contribution in [0.2, 0.25) is 0 Å². The summed E-state index contributed by atoms with van der Waals surface area (Å²) in [7, 11) is 0. The van der Waals surface area contributed by atoms with Crippen molar-refractivity contribution in [2.75, 3.05) is 6.54 Å². The Labute approximate surface area is 136 Å². The third kappa shape index (κ3) is 3.13. The maximum absolute atomic E-state index is 12.5. The number of carbonyl (C=O) groups is 1. The molecule has 1 aromatic heterocycles. The number of aryl methyl sites for hydroxylation is 1. The first-order chi connectivity index (χ1) is 10.2. The standard InChI is InChI=1S/C17H22N2O2.ClH/c1-11-13-7-3-5-9-15(13)21-16(11)17(20)19-14-8-4-2-6-12(14)10-18;/h3,5,7,9,12,14H,2,4,6,8,10,18H2,1H3,(H,19,20);1H. The molecule has 120 valence electrons. The summed E-state index contributed by atoms with van der Waals surface area (Å²) in [6.07, 6.45) is 4.46. The molecule has 1 amide bonds. The number of nitrogens with two attached hydrogens (primary N) is 1. The number of rotatable bonds is 3. The molecule has 2 unspecified atom stereocenters. The molecule has 1 aliphatic carbocycles. The van der Waals surface area contributed by atoms with E-state index in [4.69, 9.17) is 10.2 Å². The van der Waals surface area contributed by atoms with Crippen molar-refractivity contribution in [2.24, 2.45) is 11.7 Å². The molecule has 1 aromatic carbocycles. The summed E-state index contributed by atoms with van der Waals surface area (Å²) in [5.74, 6) is 0.693. The fourth-order valence-corrected chi connectivity index (χ4v) is 3.30. The first-order valence-electron chi connectivity index (χ1n) is 7.69. The van der Waals surface area contributed by atoms with Crippen molar-refractivity contribution in [3.63, 3.8) is 0 Å². The maximum atomic E-state index is 12.5. The average molecular weight is 323 g/mol. The Morgan fingerprint density at radius 2 is 2.05 bits per heavy atom. The summed E-state index contributed by atoms with van der Waals surface area (Å²) in [6.45, 7) is 2.56. The molecule has 0 bridgehead atoms. The average Bonchev–Trinajstić information content (AvgIpc) is 2.85. The van der Waals surface area contributed by atoms with Gasteiger partial charge in [0.2, 0.25) is 0 Å². The molecule has 0 aliphatic heterocycles. The van der Waals surface area contributed by atoms with Gasteiger partial charge in [-0.15, -0.1) is 12.4 Å². The molecule has 0 radical (unpaired) electrons. The van der Waals surface area contributed by atoms with E-state index in [-0.39, 0.29) is 24.4 Å². The SMILES string of the molecule is Cc1c(C(=O)NC2CCCCC2CN)oc2ccccc12.Cl. The van der Waals surface area contributed by atoms with Crippen LogP contribution in [0.3, 0.4) is 0 Å². The molecule has 3 rings (SSSR count). The van der Waals surface area contributed by atoms with Crippen molar-refractivity contribution in [1.82, 2.24) is 5.32 Å². The molecule has 1 aliphatic rings. The van der Waals surface area contributed by atoms with Crippen LogP contribution in [0.1, 0.15) is 41.8 Å². The lowest BCUT2D eigenvalue weighted by atomic mass is 9.84. The largest absolute Gasteiger partial charge is 0.451 e. The van der Waals surface area contributed by atoms with E-state index in [1.807, 2.05) is 31.2 Å². The number of amides is 1. The van der Waals surface area contributed by atoms with Crippen LogP contribution in [-0.4, -0.2) is 18.5 Å². The van der Waals surface area contributed by atoms with Gasteiger partial charge in [0.15, 0.2) is 5.76 Å². The van der Waals surface area contributed by atoms with Crippen molar-refractivity contribution in [2.45, 2.75) is 38.6 Å². The van der Waals surface area contributed by atoms with E-state index in [1.165, 1.54) is 6.42 Å². The second kappa shape index (κ2) is 7.16. The number of hydrogen-bond donors (Lipinski definition) is 2. The maximum Gasteiger partial charge on any atom is 0.287 e. The highest BCUT2D eigenvalue weighted by atomic mass is 35.5. The van der Waals surface area contributed by atoms with E-state index in [9.17, 15) is 4.79 Å². The van der Waals surface area contributed by atoms with Gasteiger partial charge in [0.25, 0.3) is 5.91 Å². The molecule has 3 N–H and O–H groups in total. The molecule has 0 saturated heterocycles. The number of fused-ring (bicyclic) bond motifs is 1. The zero-order valence-corrected chi connectivity index (χ0v) is 13.6. The van der Waals surface area contributed by atoms with Crippen molar-refractivity contribution in [3.8, 4) is 0 Å². The molecule has 1 fully saturated rings. The normalized spacial score (nSPS) is 21.4. The van der Waals surface area contributed by atoms with Crippen LogP contribution in [-0.2, 0) is 0 Å². The van der Waals surface area contributed by atoms with Crippen LogP contribution in [0.15, 0.2) is 28.7 Å². The van der Waals surface area contributed by atoms with Crippen molar-refractivity contribution < 1.29 is 9.21 Å². The van der Waals surface area contributed by atoms with Gasteiger partial charge < -0.3 is 15.5 Å². The minimum atomic E-state index is -0.117. The number of benzene rings is 1. The summed E-state index contributed by atoms with van der Waals surface area (Å²) < 4.78 is 5.73. The van der Waals surface area contributed by atoms with Crippen LogP contribution in [0.4, 0.5) is 0 Å². The van der Waals surface area contributed by atoms with Crippen LogP contribution in [0.25, 0.3) is 11.0 Å². The molecular weight excluding hydrogens is 300 g/mol. The summed E-state index contributed by atoms with van der Waals surface area (Å²) >= 11 is 0. The smallest absolute Gasteiger partial charge is 0.287 e. The summed E-state index contributed by atoms with van der Waals surface area (Å²) in [6, 6.07) is 7.91. The third-order valence-electron chi connectivity index (χ3n) is 4.58. The Kier molecular flexibility index (Phi) is 5.48. The molecule has 2 aromatic rings. The highest BCUT2D eigenvalue weighted by molar-refractivity contribution is 5.99. The van der Waals surface area contributed by atoms with Gasteiger partial charge in [-0.3, -0.25) is 4.79 Å². The summed E-state index contributed by atoms with van der Waals surface area (Å²) in [5, 5.41) is 4.13. The van der Waals surface area contributed by atoms with Gasteiger partial charge in [0.05, 0.1) is 0 Å². The van der Waals surface area contributed by atoms with Gasteiger partial charge in [-0.2, -0.15) is 0 Å². The van der Waals surface area contributed by atoms with Crippen molar-refractivity contribution in [1.29, 1.82) is 0 Å². The van der Waals surface area contributed by atoms with E-state index < -0.39 is 0 Å². The number of halogens is 1. The molecule has 1 heterocycles. The second-order valence-electron chi connectivity index (χ2n) is 5.91. The number of para-hydroxylation sites is 1. The van der Waals surface area contributed by atoms with E-state index in [2.05, 4.69) is 5.32 Å². The lowest BCUT2D eigenvalue weighted by Crippen LogP contribution is -2.44. The van der Waals surface area contributed by atoms with E-state index >= 15 is 0 Å². The zero-order chi connectivity index (χ0) is 14.8. The van der Waals surface area contributed by atoms with Crippen LogP contribution in [0, 0.1) is 12.8 Å². The van der Waals surface area contributed by atoms with Gasteiger partial charge in [-0.05, 0) is 38.3 Å². The molecule has 5 heteroatoms. The topological polar surface area (TPSA) is 68.3 Å². The lowest BCUT2D eigenvalue weighted by molar-refractivity contribution is 0.0881. The Bertz CT molecular complexity index is 653. The second-order valence-corrected chi connectivity index (χ2v) is 5.91. The van der Waals surface area contributed by atoms with Gasteiger partial charge >= 0.3 is 0 Å². The molecular formula is C17H23ClN2O2. The third-order valence-corrected chi connectivity index (χ3v) is 4.58.